The highest BCUT2D eigenvalue weighted by Gasteiger charge is 2.30. The van der Waals surface area contributed by atoms with Gasteiger partial charge in [0.1, 0.15) is 19.3 Å². The first-order valence-corrected chi connectivity index (χ1v) is 9.25. The molecule has 1 aliphatic carbocycles. The Hall–Kier alpha value is -3.07. The van der Waals surface area contributed by atoms with Gasteiger partial charge in [0.15, 0.2) is 0 Å². The number of fused-ring (bicyclic) bond motifs is 3. The van der Waals surface area contributed by atoms with Crippen molar-refractivity contribution < 1.29 is 37.3 Å². The van der Waals surface area contributed by atoms with E-state index in [1.54, 1.807) is 0 Å². The molecule has 0 aliphatic heterocycles. The number of nitrogens with one attached hydrogen (secondary N) is 1. The molecule has 6 nitrogen and oxygen atoms in total. The number of alkyl halides is 3. The van der Waals surface area contributed by atoms with Gasteiger partial charge in [-0.15, -0.1) is 0 Å². The minimum absolute atomic E-state index is 0.00320. The molecule has 2 N–H and O–H groups in total. The van der Waals surface area contributed by atoms with Gasteiger partial charge >= 0.3 is 18.2 Å². The standard InChI is InChI=1S/C21H20F3NO5/c22-21(23,24)12-29-10-9-18(19(26)27)25-20(28)30-11-17-15-7-3-1-5-13(15)14-6-2-4-8-16(14)17/h1-8,17-18H,9-12H2,(H,25,28)(H,26,27)/t18-/m0/s1. The van der Waals surface area contributed by atoms with E-state index in [1.807, 2.05) is 48.5 Å². The van der Waals surface area contributed by atoms with Crippen molar-refractivity contribution in [2.45, 2.75) is 24.6 Å². The summed E-state index contributed by atoms with van der Waals surface area (Å²) >= 11 is 0. The average molecular weight is 423 g/mol. The molecule has 0 saturated carbocycles. The van der Waals surface area contributed by atoms with E-state index in [2.05, 4.69) is 10.1 Å². The number of ether oxygens (including phenoxy) is 2. The second-order valence-electron chi connectivity index (χ2n) is 6.82. The molecule has 1 aliphatic rings. The summed E-state index contributed by atoms with van der Waals surface area (Å²) in [5.74, 6) is -1.58. The van der Waals surface area contributed by atoms with Crippen LogP contribution in [0.3, 0.4) is 0 Å². The Balaban J connectivity index is 1.56. The van der Waals surface area contributed by atoms with Gasteiger partial charge in [-0.3, -0.25) is 0 Å². The van der Waals surface area contributed by atoms with Crippen molar-refractivity contribution in [3.63, 3.8) is 0 Å². The van der Waals surface area contributed by atoms with Crippen LogP contribution in [0.15, 0.2) is 48.5 Å². The van der Waals surface area contributed by atoms with Crippen molar-refractivity contribution >= 4 is 12.1 Å². The summed E-state index contributed by atoms with van der Waals surface area (Å²) < 4.78 is 45.9. The van der Waals surface area contributed by atoms with Gasteiger partial charge in [-0.25, -0.2) is 9.59 Å². The molecule has 0 radical (unpaired) electrons. The molecule has 160 valence electrons. The van der Waals surface area contributed by atoms with Crippen molar-refractivity contribution in [1.82, 2.24) is 5.32 Å². The Morgan fingerprint density at radius 1 is 1.03 bits per heavy atom. The van der Waals surface area contributed by atoms with Gasteiger partial charge in [0.05, 0.1) is 0 Å². The van der Waals surface area contributed by atoms with Gasteiger partial charge in [0.2, 0.25) is 0 Å². The van der Waals surface area contributed by atoms with Crippen LogP contribution in [-0.4, -0.2) is 49.2 Å². The van der Waals surface area contributed by atoms with Crippen LogP contribution in [0, 0.1) is 0 Å². The zero-order valence-corrected chi connectivity index (χ0v) is 15.8. The molecule has 0 fully saturated rings. The van der Waals surface area contributed by atoms with Crippen molar-refractivity contribution in [2.75, 3.05) is 19.8 Å². The molecule has 0 spiro atoms. The average Bonchev–Trinajstić information content (AvgIpc) is 3.01. The van der Waals surface area contributed by atoms with Crippen molar-refractivity contribution in [1.29, 1.82) is 0 Å². The van der Waals surface area contributed by atoms with E-state index >= 15 is 0 Å². The second-order valence-corrected chi connectivity index (χ2v) is 6.82. The summed E-state index contributed by atoms with van der Waals surface area (Å²) in [5.41, 5.74) is 4.10. The summed E-state index contributed by atoms with van der Waals surface area (Å²) in [6.07, 6.45) is -5.78. The van der Waals surface area contributed by atoms with E-state index < -0.39 is 37.5 Å². The number of benzene rings is 2. The molecule has 0 aromatic heterocycles. The first kappa shape index (κ1) is 21.6. The third kappa shape index (κ3) is 5.29. The van der Waals surface area contributed by atoms with E-state index in [1.165, 1.54) is 0 Å². The SMILES string of the molecule is O=C(N[C@@H](CCOCC(F)(F)F)C(=O)O)OCC1c2ccccc2-c2ccccc21. The van der Waals surface area contributed by atoms with Crippen LogP contribution < -0.4 is 5.32 Å². The fourth-order valence-electron chi connectivity index (χ4n) is 3.43. The smallest absolute Gasteiger partial charge is 0.411 e. The van der Waals surface area contributed by atoms with Gasteiger partial charge in [-0.2, -0.15) is 13.2 Å². The molecule has 9 heteroatoms. The molecule has 0 heterocycles. The van der Waals surface area contributed by atoms with Crippen LogP contribution in [-0.2, 0) is 14.3 Å². The van der Waals surface area contributed by atoms with Gasteiger partial charge in [0.25, 0.3) is 0 Å². The van der Waals surface area contributed by atoms with Crippen LogP contribution in [0.4, 0.5) is 18.0 Å². The Morgan fingerprint density at radius 2 is 1.60 bits per heavy atom. The molecule has 0 bridgehead atoms. The predicted molar refractivity (Wildman–Crippen MR) is 101 cm³/mol. The number of carboxylic acids is 1. The summed E-state index contributed by atoms with van der Waals surface area (Å²) in [4.78, 5) is 23.4. The molecule has 0 saturated heterocycles. The number of halogens is 3. The zero-order valence-electron chi connectivity index (χ0n) is 15.8. The molecule has 3 rings (SSSR count). The Kier molecular flexibility index (Phi) is 6.61. The third-order valence-corrected chi connectivity index (χ3v) is 4.75. The second kappa shape index (κ2) is 9.17. The minimum atomic E-state index is -4.50. The van der Waals surface area contributed by atoms with Crippen LogP contribution in [0.25, 0.3) is 11.1 Å². The summed E-state index contributed by atoms with van der Waals surface area (Å²) in [5, 5.41) is 11.3. The quantitative estimate of drug-likeness (QED) is 0.628. The lowest BCUT2D eigenvalue weighted by atomic mass is 9.98. The normalized spacial score (nSPS) is 14.0. The maximum atomic E-state index is 12.1. The highest BCUT2D eigenvalue weighted by atomic mass is 19.4. The summed E-state index contributed by atoms with van der Waals surface area (Å²) in [7, 11) is 0. The van der Waals surface area contributed by atoms with E-state index in [0.29, 0.717) is 0 Å². The monoisotopic (exact) mass is 423 g/mol. The molecule has 1 atom stereocenters. The number of hydrogen-bond donors (Lipinski definition) is 2. The molecule has 30 heavy (non-hydrogen) atoms. The molecule has 2 aromatic rings. The number of carbonyl (C=O) groups is 2. The number of alkyl carbamates (subject to hydrolysis) is 1. The highest BCUT2D eigenvalue weighted by Crippen LogP contribution is 2.44. The van der Waals surface area contributed by atoms with Crippen molar-refractivity contribution in [2.24, 2.45) is 0 Å². The Morgan fingerprint density at radius 3 is 2.13 bits per heavy atom. The number of hydrogen-bond acceptors (Lipinski definition) is 4. The first-order valence-electron chi connectivity index (χ1n) is 9.25. The minimum Gasteiger partial charge on any atom is -0.480 e. The third-order valence-electron chi connectivity index (χ3n) is 4.75. The van der Waals surface area contributed by atoms with E-state index in [4.69, 9.17) is 4.74 Å². The van der Waals surface area contributed by atoms with Crippen LogP contribution in [0.1, 0.15) is 23.5 Å². The molecule has 0 unspecified atom stereocenters. The van der Waals surface area contributed by atoms with Crippen LogP contribution >= 0.6 is 0 Å². The van der Waals surface area contributed by atoms with E-state index in [0.717, 1.165) is 22.3 Å². The number of carbonyl (C=O) groups excluding carboxylic acids is 1. The molecular formula is C21H20F3NO5. The molecule has 1 amide bonds. The van der Waals surface area contributed by atoms with E-state index in [-0.39, 0.29) is 18.9 Å². The lowest BCUT2D eigenvalue weighted by Crippen LogP contribution is -2.42. The number of rotatable bonds is 8. The van der Waals surface area contributed by atoms with Crippen molar-refractivity contribution in [3.05, 3.63) is 59.7 Å². The van der Waals surface area contributed by atoms with Crippen molar-refractivity contribution in [3.8, 4) is 11.1 Å². The lowest BCUT2D eigenvalue weighted by Gasteiger charge is -2.17. The molecule has 2 aromatic carbocycles. The van der Waals surface area contributed by atoms with E-state index in [9.17, 15) is 27.9 Å². The van der Waals surface area contributed by atoms with Gasteiger partial charge in [0, 0.05) is 18.9 Å². The number of aliphatic carboxylic acids is 1. The summed E-state index contributed by atoms with van der Waals surface area (Å²) in [6.45, 7) is -1.96. The predicted octanol–water partition coefficient (Wildman–Crippen LogP) is 3.95. The Labute approximate surface area is 170 Å². The largest absolute Gasteiger partial charge is 0.480 e. The maximum Gasteiger partial charge on any atom is 0.411 e. The van der Waals surface area contributed by atoms with Gasteiger partial charge < -0.3 is 19.9 Å². The van der Waals surface area contributed by atoms with Crippen LogP contribution in [0.2, 0.25) is 0 Å². The topological polar surface area (TPSA) is 84.9 Å². The number of amides is 1. The fraction of sp³-hybridized carbons (Fsp3) is 0.333. The highest BCUT2D eigenvalue weighted by molar-refractivity contribution is 5.81. The number of carboxylic acid groups (broad SMARTS) is 1. The lowest BCUT2D eigenvalue weighted by molar-refractivity contribution is -0.174. The maximum absolute atomic E-state index is 12.1. The van der Waals surface area contributed by atoms with Crippen LogP contribution in [0.5, 0.6) is 0 Å². The Bertz CT molecular complexity index is 870. The van der Waals surface area contributed by atoms with Gasteiger partial charge in [-0.05, 0) is 22.3 Å². The van der Waals surface area contributed by atoms with Gasteiger partial charge in [-0.1, -0.05) is 48.5 Å². The summed E-state index contributed by atoms with van der Waals surface area (Å²) in [6, 6.07) is 14.0. The zero-order chi connectivity index (χ0) is 21.7. The molecular weight excluding hydrogens is 403 g/mol. The fourth-order valence-corrected chi connectivity index (χ4v) is 3.43. The first-order chi connectivity index (χ1) is 14.3.